The third kappa shape index (κ3) is 5.95. The molecule has 2 aromatic heterocycles. The Hall–Kier alpha value is -3.81. The van der Waals surface area contributed by atoms with Crippen LogP contribution >= 0.6 is 0 Å². The van der Waals surface area contributed by atoms with E-state index in [1.807, 2.05) is 55.6 Å². The van der Waals surface area contributed by atoms with Crippen LogP contribution in [-0.4, -0.2) is 32.6 Å². The summed E-state index contributed by atoms with van der Waals surface area (Å²) in [6.07, 6.45) is 10.5. The maximum Gasteiger partial charge on any atom is 0.358 e. The fourth-order valence-corrected chi connectivity index (χ4v) is 5.80. The topological polar surface area (TPSA) is 114 Å². The molecule has 8 nitrogen and oxygen atoms in total. The van der Waals surface area contributed by atoms with Gasteiger partial charge in [-0.2, -0.15) is 0 Å². The first-order chi connectivity index (χ1) is 19.0. The SMILES string of the molecule is CCC(=O)CCCCC[C@@H](NC(=O)C1CCC2(CC1)OC(=O)c1ncccc12)c1ncc(-c2ccccc2)[nH]1. The van der Waals surface area contributed by atoms with Crippen LogP contribution in [0.1, 0.15) is 99.1 Å². The number of aromatic amines is 1. The Morgan fingerprint density at radius 2 is 1.87 bits per heavy atom. The zero-order valence-corrected chi connectivity index (χ0v) is 22.4. The van der Waals surface area contributed by atoms with Crippen LogP contribution in [0.2, 0.25) is 0 Å². The molecule has 1 aliphatic carbocycles. The van der Waals surface area contributed by atoms with Gasteiger partial charge in [0.25, 0.3) is 0 Å². The van der Waals surface area contributed by atoms with Gasteiger partial charge in [-0.3, -0.25) is 9.59 Å². The molecule has 1 spiro atoms. The number of rotatable bonds is 11. The number of esters is 1. The van der Waals surface area contributed by atoms with Crippen LogP contribution in [0.15, 0.2) is 54.9 Å². The molecule has 8 heteroatoms. The summed E-state index contributed by atoms with van der Waals surface area (Å²) in [4.78, 5) is 49.8. The van der Waals surface area contributed by atoms with Gasteiger partial charge in [-0.05, 0) is 50.2 Å². The molecule has 0 bridgehead atoms. The molecule has 1 atom stereocenters. The second-order valence-corrected chi connectivity index (χ2v) is 10.7. The largest absolute Gasteiger partial charge is 0.449 e. The van der Waals surface area contributed by atoms with Gasteiger partial charge < -0.3 is 15.0 Å². The van der Waals surface area contributed by atoms with Gasteiger partial charge in [-0.25, -0.2) is 14.8 Å². The fraction of sp³-hybridized carbons (Fsp3) is 0.452. The Balaban J connectivity index is 1.24. The molecule has 39 heavy (non-hydrogen) atoms. The number of hydrogen-bond donors (Lipinski definition) is 2. The van der Waals surface area contributed by atoms with Crippen LogP contribution in [0.5, 0.6) is 0 Å². The Morgan fingerprint density at radius 1 is 1.08 bits per heavy atom. The summed E-state index contributed by atoms with van der Waals surface area (Å²) in [5.74, 6) is 0.498. The average Bonchev–Trinajstić information content (AvgIpc) is 3.56. The number of imidazole rings is 1. The van der Waals surface area contributed by atoms with Crippen LogP contribution in [0.3, 0.4) is 0 Å². The lowest BCUT2D eigenvalue weighted by Gasteiger charge is -2.36. The molecule has 2 aliphatic rings. The van der Waals surface area contributed by atoms with Gasteiger partial charge in [-0.15, -0.1) is 0 Å². The van der Waals surface area contributed by atoms with Crippen molar-refractivity contribution in [3.8, 4) is 11.3 Å². The third-order valence-electron chi connectivity index (χ3n) is 8.11. The number of ether oxygens (including phenoxy) is 1. The number of unbranched alkanes of at least 4 members (excludes halogenated alkanes) is 2. The standard InChI is InChI=1S/C31H36N4O4/c1-2-23(36)12-7-4-8-14-25(28-33-20-26(34-28)21-10-5-3-6-11-21)35-29(37)22-15-17-31(18-16-22)24-13-9-19-32-27(24)30(38)39-31/h3,5-6,9-11,13,19-20,22,25H,2,4,7-8,12,14-18H2,1H3,(H,33,34)(H,35,37)/t22?,25-,31?/m1/s1. The van der Waals surface area contributed by atoms with Gasteiger partial charge in [0, 0.05) is 30.5 Å². The Morgan fingerprint density at radius 3 is 2.64 bits per heavy atom. The number of carbonyl (C=O) groups excluding carboxylic acids is 3. The van der Waals surface area contributed by atoms with E-state index in [2.05, 4.69) is 20.3 Å². The van der Waals surface area contributed by atoms with Crippen molar-refractivity contribution >= 4 is 17.7 Å². The smallest absolute Gasteiger partial charge is 0.358 e. The molecule has 0 radical (unpaired) electrons. The van der Waals surface area contributed by atoms with Crippen LogP contribution in [0.4, 0.5) is 0 Å². The van der Waals surface area contributed by atoms with Gasteiger partial charge >= 0.3 is 5.97 Å². The number of carbonyl (C=O) groups is 3. The average molecular weight is 529 g/mol. The molecular weight excluding hydrogens is 492 g/mol. The second kappa shape index (κ2) is 11.9. The third-order valence-corrected chi connectivity index (χ3v) is 8.11. The number of aromatic nitrogens is 3. The van der Waals surface area contributed by atoms with E-state index in [0.29, 0.717) is 50.0 Å². The molecule has 3 heterocycles. The number of Topliss-reactive ketones (excluding diaryl/α,β-unsaturated/α-hetero) is 1. The minimum Gasteiger partial charge on any atom is -0.449 e. The molecule has 5 rings (SSSR count). The van der Waals surface area contributed by atoms with Crippen LogP contribution < -0.4 is 5.32 Å². The van der Waals surface area contributed by atoms with Gasteiger partial charge in [0.2, 0.25) is 5.91 Å². The highest BCUT2D eigenvalue weighted by atomic mass is 16.6. The first kappa shape index (κ1) is 26.8. The summed E-state index contributed by atoms with van der Waals surface area (Å²) in [7, 11) is 0. The maximum atomic E-state index is 13.5. The minimum absolute atomic E-state index is 0.00408. The number of pyridine rings is 1. The molecule has 1 fully saturated rings. The van der Waals surface area contributed by atoms with Crippen LogP contribution in [0, 0.1) is 5.92 Å². The number of H-pyrrole nitrogens is 1. The number of fused-ring (bicyclic) bond motifs is 2. The normalized spacial score (nSPS) is 20.8. The number of nitrogens with zero attached hydrogens (tertiary/aromatic N) is 2. The molecule has 1 saturated carbocycles. The summed E-state index contributed by atoms with van der Waals surface area (Å²) in [6, 6.07) is 13.5. The van der Waals surface area contributed by atoms with Crippen molar-refractivity contribution in [3.05, 3.63) is 71.9 Å². The number of amides is 1. The molecule has 1 amide bonds. The molecule has 3 aromatic rings. The highest BCUT2D eigenvalue weighted by Crippen LogP contribution is 2.47. The summed E-state index contributed by atoms with van der Waals surface area (Å²) >= 11 is 0. The number of ketones is 1. The summed E-state index contributed by atoms with van der Waals surface area (Å²) in [5, 5.41) is 3.27. The van der Waals surface area contributed by atoms with Crippen molar-refractivity contribution in [1.29, 1.82) is 0 Å². The predicted octanol–water partition coefficient (Wildman–Crippen LogP) is 5.81. The van der Waals surface area contributed by atoms with Crippen molar-refractivity contribution in [3.63, 3.8) is 0 Å². The van der Waals surface area contributed by atoms with Crippen molar-refractivity contribution in [2.45, 2.75) is 82.8 Å². The van der Waals surface area contributed by atoms with Gasteiger partial charge in [-0.1, -0.05) is 56.2 Å². The molecule has 204 valence electrons. The molecular formula is C31H36N4O4. The molecule has 1 aliphatic heterocycles. The first-order valence-electron chi connectivity index (χ1n) is 14.1. The lowest BCUT2D eigenvalue weighted by molar-refractivity contribution is -0.129. The summed E-state index contributed by atoms with van der Waals surface area (Å²) in [6.45, 7) is 1.90. The first-order valence-corrected chi connectivity index (χ1v) is 14.1. The number of benzene rings is 1. The molecule has 1 aromatic carbocycles. The van der Waals surface area contributed by atoms with E-state index in [4.69, 9.17) is 4.74 Å². The number of nitrogens with one attached hydrogen (secondary N) is 2. The predicted molar refractivity (Wildman–Crippen MR) is 147 cm³/mol. The highest BCUT2D eigenvalue weighted by Gasteiger charge is 2.49. The van der Waals surface area contributed by atoms with E-state index in [9.17, 15) is 14.4 Å². The number of hydrogen-bond acceptors (Lipinski definition) is 6. The lowest BCUT2D eigenvalue weighted by atomic mass is 9.75. The summed E-state index contributed by atoms with van der Waals surface area (Å²) < 4.78 is 5.81. The van der Waals surface area contributed by atoms with Crippen molar-refractivity contribution in [2.24, 2.45) is 5.92 Å². The van der Waals surface area contributed by atoms with E-state index in [1.54, 1.807) is 6.20 Å². The van der Waals surface area contributed by atoms with Gasteiger partial charge in [0.15, 0.2) is 5.69 Å². The summed E-state index contributed by atoms with van der Waals surface area (Å²) in [5.41, 5.74) is 2.52. The highest BCUT2D eigenvalue weighted by molar-refractivity contribution is 5.92. The lowest BCUT2D eigenvalue weighted by Crippen LogP contribution is -2.40. The Kier molecular flexibility index (Phi) is 8.19. The van der Waals surface area contributed by atoms with E-state index in [0.717, 1.165) is 48.3 Å². The fourth-order valence-electron chi connectivity index (χ4n) is 5.80. The monoisotopic (exact) mass is 528 g/mol. The Bertz CT molecular complexity index is 1310. The van der Waals surface area contributed by atoms with Crippen molar-refractivity contribution in [1.82, 2.24) is 20.3 Å². The molecule has 2 N–H and O–H groups in total. The van der Waals surface area contributed by atoms with E-state index in [1.165, 1.54) is 0 Å². The van der Waals surface area contributed by atoms with Gasteiger partial charge in [0.1, 0.15) is 17.2 Å². The van der Waals surface area contributed by atoms with Gasteiger partial charge in [0.05, 0.1) is 17.9 Å². The van der Waals surface area contributed by atoms with Crippen LogP contribution in [0.25, 0.3) is 11.3 Å². The van der Waals surface area contributed by atoms with Crippen molar-refractivity contribution in [2.75, 3.05) is 0 Å². The van der Waals surface area contributed by atoms with E-state index in [-0.39, 0.29) is 23.8 Å². The zero-order chi connectivity index (χ0) is 27.2. The van der Waals surface area contributed by atoms with Crippen molar-refractivity contribution < 1.29 is 19.1 Å². The van der Waals surface area contributed by atoms with E-state index < -0.39 is 5.60 Å². The maximum absolute atomic E-state index is 13.5. The minimum atomic E-state index is -0.668. The second-order valence-electron chi connectivity index (χ2n) is 10.7. The molecule has 0 unspecified atom stereocenters. The quantitative estimate of drug-likeness (QED) is 0.240. The Labute approximate surface area is 229 Å². The molecule has 0 saturated heterocycles. The van der Waals surface area contributed by atoms with E-state index >= 15 is 0 Å². The van der Waals surface area contributed by atoms with Crippen LogP contribution in [-0.2, 0) is 19.9 Å². The zero-order valence-electron chi connectivity index (χ0n) is 22.4.